The van der Waals surface area contributed by atoms with Crippen LogP contribution in [0.4, 0.5) is 11.4 Å². The van der Waals surface area contributed by atoms with E-state index in [-0.39, 0.29) is 10.8 Å². The van der Waals surface area contributed by atoms with Gasteiger partial charge < -0.3 is 14.8 Å². The first-order valence-electron chi connectivity index (χ1n) is 8.74. The van der Waals surface area contributed by atoms with E-state index in [1.54, 1.807) is 42.5 Å². The molecule has 3 aromatic rings. The summed E-state index contributed by atoms with van der Waals surface area (Å²) < 4.78 is 38.8. The minimum absolute atomic E-state index is 0.0783. The molecule has 3 rings (SSSR count). The van der Waals surface area contributed by atoms with E-state index in [1.807, 2.05) is 0 Å². The standard InChI is InChI=1S/C21H19BrN2O5S/c1-28-19-12-3-14(13-20(19)29-2)21(25)23-16-8-10-18(11-9-16)30(26,27)24-17-6-4-15(22)5-7-17/h3-13,24H,1-2H3,(H,23,25). The maximum absolute atomic E-state index is 12.5. The Morgan fingerprint density at radius 3 is 2.03 bits per heavy atom. The van der Waals surface area contributed by atoms with Gasteiger partial charge in [0.1, 0.15) is 0 Å². The summed E-state index contributed by atoms with van der Waals surface area (Å²) in [7, 11) is -0.749. The van der Waals surface area contributed by atoms with Crippen LogP contribution in [0.25, 0.3) is 0 Å². The van der Waals surface area contributed by atoms with Gasteiger partial charge in [-0.1, -0.05) is 15.9 Å². The molecule has 7 nitrogen and oxygen atoms in total. The number of nitrogens with one attached hydrogen (secondary N) is 2. The third kappa shape index (κ3) is 5.11. The van der Waals surface area contributed by atoms with E-state index in [0.717, 1.165) is 4.47 Å². The van der Waals surface area contributed by atoms with Crippen molar-refractivity contribution < 1.29 is 22.7 Å². The van der Waals surface area contributed by atoms with Crippen molar-refractivity contribution in [2.75, 3.05) is 24.3 Å². The molecule has 0 bridgehead atoms. The normalized spacial score (nSPS) is 10.9. The van der Waals surface area contributed by atoms with E-state index >= 15 is 0 Å². The second kappa shape index (κ2) is 9.19. The highest BCUT2D eigenvalue weighted by molar-refractivity contribution is 9.10. The maximum atomic E-state index is 12.5. The molecule has 0 heterocycles. The third-order valence-electron chi connectivity index (χ3n) is 4.16. The predicted molar refractivity (Wildman–Crippen MR) is 119 cm³/mol. The number of halogens is 1. The third-order valence-corrected chi connectivity index (χ3v) is 6.09. The minimum Gasteiger partial charge on any atom is -0.493 e. The molecule has 0 saturated heterocycles. The van der Waals surface area contributed by atoms with Crippen LogP contribution in [-0.2, 0) is 10.0 Å². The van der Waals surface area contributed by atoms with Crippen molar-refractivity contribution >= 4 is 43.2 Å². The molecule has 0 radical (unpaired) electrons. The van der Waals surface area contributed by atoms with Crippen molar-refractivity contribution in [2.24, 2.45) is 0 Å². The molecule has 1 amide bonds. The molecule has 3 aromatic carbocycles. The molecular formula is C21H19BrN2O5S. The smallest absolute Gasteiger partial charge is 0.261 e. The predicted octanol–water partition coefficient (Wildman–Crippen LogP) is 4.52. The quantitative estimate of drug-likeness (QED) is 0.507. The number of anilines is 2. The Hall–Kier alpha value is -3.04. The second-order valence-corrected chi connectivity index (χ2v) is 8.76. The number of benzene rings is 3. The van der Waals surface area contributed by atoms with Crippen LogP contribution in [-0.4, -0.2) is 28.5 Å². The Balaban J connectivity index is 1.72. The van der Waals surface area contributed by atoms with Gasteiger partial charge in [0, 0.05) is 21.4 Å². The molecule has 30 heavy (non-hydrogen) atoms. The molecule has 156 valence electrons. The Morgan fingerprint density at radius 1 is 0.833 bits per heavy atom. The number of sulfonamides is 1. The van der Waals surface area contributed by atoms with Crippen LogP contribution in [0.5, 0.6) is 11.5 Å². The second-order valence-electron chi connectivity index (χ2n) is 6.16. The number of methoxy groups -OCH3 is 2. The zero-order chi connectivity index (χ0) is 21.7. The number of ether oxygens (including phenoxy) is 2. The van der Waals surface area contributed by atoms with Gasteiger partial charge in [-0.05, 0) is 66.7 Å². The molecule has 0 aliphatic carbocycles. The van der Waals surface area contributed by atoms with E-state index in [4.69, 9.17) is 9.47 Å². The van der Waals surface area contributed by atoms with Crippen molar-refractivity contribution in [1.82, 2.24) is 0 Å². The van der Waals surface area contributed by atoms with E-state index in [0.29, 0.717) is 28.4 Å². The van der Waals surface area contributed by atoms with E-state index in [1.165, 1.54) is 38.5 Å². The van der Waals surface area contributed by atoms with Gasteiger partial charge in [-0.25, -0.2) is 8.42 Å². The van der Waals surface area contributed by atoms with Crippen LogP contribution in [0.2, 0.25) is 0 Å². The van der Waals surface area contributed by atoms with Crippen LogP contribution in [0.15, 0.2) is 76.1 Å². The molecule has 0 unspecified atom stereocenters. The van der Waals surface area contributed by atoms with Gasteiger partial charge in [-0.2, -0.15) is 0 Å². The first-order valence-corrected chi connectivity index (χ1v) is 11.0. The maximum Gasteiger partial charge on any atom is 0.261 e. The average molecular weight is 491 g/mol. The van der Waals surface area contributed by atoms with E-state index in [9.17, 15) is 13.2 Å². The van der Waals surface area contributed by atoms with Gasteiger partial charge >= 0.3 is 0 Å². The lowest BCUT2D eigenvalue weighted by molar-refractivity contribution is 0.102. The van der Waals surface area contributed by atoms with Gasteiger partial charge in [0.05, 0.1) is 19.1 Å². The lowest BCUT2D eigenvalue weighted by Gasteiger charge is -2.11. The SMILES string of the molecule is COc1ccc(C(=O)Nc2ccc(S(=O)(=O)Nc3ccc(Br)cc3)cc2)cc1OC. The number of carbonyl (C=O) groups excluding carboxylic acids is 1. The average Bonchev–Trinajstić information content (AvgIpc) is 2.75. The monoisotopic (exact) mass is 490 g/mol. The van der Waals surface area contributed by atoms with Gasteiger partial charge in [0.2, 0.25) is 0 Å². The first kappa shape index (κ1) is 21.7. The fourth-order valence-corrected chi connectivity index (χ4v) is 3.95. The fraction of sp³-hybridized carbons (Fsp3) is 0.0952. The molecule has 2 N–H and O–H groups in total. The number of rotatable bonds is 7. The van der Waals surface area contributed by atoms with Crippen LogP contribution in [0.3, 0.4) is 0 Å². The van der Waals surface area contributed by atoms with Crippen molar-refractivity contribution in [3.63, 3.8) is 0 Å². The Bertz CT molecular complexity index is 1150. The van der Waals surface area contributed by atoms with Crippen LogP contribution >= 0.6 is 15.9 Å². The number of carbonyl (C=O) groups is 1. The van der Waals surface area contributed by atoms with E-state index in [2.05, 4.69) is 26.0 Å². The summed E-state index contributed by atoms with van der Waals surface area (Å²) in [6.07, 6.45) is 0. The lowest BCUT2D eigenvalue weighted by Crippen LogP contribution is -2.14. The highest BCUT2D eigenvalue weighted by atomic mass is 79.9. The summed E-state index contributed by atoms with van der Waals surface area (Å²) in [6.45, 7) is 0. The number of hydrogen-bond donors (Lipinski definition) is 2. The van der Waals surface area contributed by atoms with Crippen LogP contribution in [0.1, 0.15) is 10.4 Å². The number of amides is 1. The minimum atomic E-state index is -3.75. The Morgan fingerprint density at radius 2 is 1.43 bits per heavy atom. The number of hydrogen-bond acceptors (Lipinski definition) is 5. The summed E-state index contributed by atoms with van der Waals surface area (Å²) in [5, 5.41) is 2.73. The van der Waals surface area contributed by atoms with Crippen LogP contribution in [0, 0.1) is 0 Å². The van der Waals surface area contributed by atoms with Gasteiger partial charge in [-0.15, -0.1) is 0 Å². The van der Waals surface area contributed by atoms with Crippen molar-refractivity contribution in [3.05, 3.63) is 76.8 Å². The van der Waals surface area contributed by atoms with Gasteiger partial charge in [0.15, 0.2) is 11.5 Å². The van der Waals surface area contributed by atoms with E-state index < -0.39 is 10.0 Å². The zero-order valence-corrected chi connectivity index (χ0v) is 18.6. The highest BCUT2D eigenvalue weighted by Gasteiger charge is 2.15. The summed E-state index contributed by atoms with van der Waals surface area (Å²) in [5.41, 5.74) is 1.28. The summed E-state index contributed by atoms with van der Waals surface area (Å²) in [5.74, 6) is 0.590. The molecule has 0 aromatic heterocycles. The topological polar surface area (TPSA) is 93.7 Å². The van der Waals surface area contributed by atoms with Crippen molar-refractivity contribution in [2.45, 2.75) is 4.90 Å². The molecule has 9 heteroatoms. The summed E-state index contributed by atoms with van der Waals surface area (Å²) in [6, 6.07) is 17.5. The Kier molecular flexibility index (Phi) is 6.63. The fourth-order valence-electron chi connectivity index (χ4n) is 2.63. The van der Waals surface area contributed by atoms with Crippen molar-refractivity contribution in [1.29, 1.82) is 0 Å². The molecule has 0 aliphatic rings. The zero-order valence-electron chi connectivity index (χ0n) is 16.2. The van der Waals surface area contributed by atoms with Crippen LogP contribution < -0.4 is 19.5 Å². The van der Waals surface area contributed by atoms with Gasteiger partial charge in [0.25, 0.3) is 15.9 Å². The van der Waals surface area contributed by atoms with Gasteiger partial charge in [-0.3, -0.25) is 9.52 Å². The molecule has 0 aliphatic heterocycles. The Labute approximate surface area is 183 Å². The lowest BCUT2D eigenvalue weighted by atomic mass is 10.2. The largest absolute Gasteiger partial charge is 0.493 e. The molecule has 0 saturated carbocycles. The first-order chi connectivity index (χ1) is 14.3. The molecule has 0 fully saturated rings. The molecular weight excluding hydrogens is 472 g/mol. The highest BCUT2D eigenvalue weighted by Crippen LogP contribution is 2.28. The van der Waals surface area contributed by atoms with Crippen molar-refractivity contribution in [3.8, 4) is 11.5 Å². The molecule has 0 spiro atoms. The summed E-state index contributed by atoms with van der Waals surface area (Å²) >= 11 is 3.30. The summed E-state index contributed by atoms with van der Waals surface area (Å²) in [4.78, 5) is 12.6. The molecule has 0 atom stereocenters.